The molecule has 3 aromatic carbocycles. The first-order valence-electron chi connectivity index (χ1n) is 13.6. The molecule has 43 heavy (non-hydrogen) atoms. The molecular weight excluding hydrogens is 574 g/mol. The molecule has 5 rings (SSSR count). The molecule has 2 amide bonds. The Morgan fingerprint density at radius 3 is 2.44 bits per heavy atom. The second kappa shape index (κ2) is 11.9. The number of nitrogens with one attached hydrogen (secondary N) is 2. The molecule has 13 heteroatoms. The maximum atomic E-state index is 14.9. The van der Waals surface area contributed by atoms with Crippen molar-refractivity contribution < 1.29 is 32.2 Å². The van der Waals surface area contributed by atoms with Crippen LogP contribution in [0.3, 0.4) is 0 Å². The number of methoxy groups -OCH3 is 2. The number of hydrogen-bond donors (Lipinski definition) is 2. The predicted molar refractivity (Wildman–Crippen MR) is 156 cm³/mol. The second-order valence-corrected chi connectivity index (χ2v) is 11.5. The van der Waals surface area contributed by atoms with E-state index < -0.39 is 27.3 Å². The van der Waals surface area contributed by atoms with Crippen LogP contribution in [0.15, 0.2) is 65.6 Å². The summed E-state index contributed by atoms with van der Waals surface area (Å²) < 4.78 is 45.9. The smallest absolute Gasteiger partial charge is 0.274 e. The van der Waals surface area contributed by atoms with Crippen LogP contribution in [-0.4, -0.2) is 72.2 Å². The SMILES string of the molecule is CCOc1ccccc1C1(C(=O)NN2CCNCC2)C(=O)N(S(=O)(=O)c2ccc(OC)cc2OC)c2ccc(C#N)cc21. The van der Waals surface area contributed by atoms with Crippen LogP contribution in [0.5, 0.6) is 17.2 Å². The number of hydrogen-bond acceptors (Lipinski definition) is 10. The van der Waals surface area contributed by atoms with E-state index in [4.69, 9.17) is 14.2 Å². The number of sulfonamides is 1. The summed E-state index contributed by atoms with van der Waals surface area (Å²) in [5, 5.41) is 14.7. The van der Waals surface area contributed by atoms with Gasteiger partial charge in [0.1, 0.15) is 22.1 Å². The minimum Gasteiger partial charge on any atom is -0.497 e. The first kappa shape index (κ1) is 29.8. The zero-order valence-electron chi connectivity index (χ0n) is 23.9. The largest absolute Gasteiger partial charge is 0.497 e. The Labute approximate surface area is 249 Å². The summed E-state index contributed by atoms with van der Waals surface area (Å²) in [6.45, 7) is 4.10. The van der Waals surface area contributed by atoms with Crippen molar-refractivity contribution in [2.24, 2.45) is 0 Å². The number of amides is 2. The molecule has 0 radical (unpaired) electrons. The van der Waals surface area contributed by atoms with Crippen LogP contribution in [0.25, 0.3) is 0 Å². The van der Waals surface area contributed by atoms with Crippen LogP contribution >= 0.6 is 0 Å². The lowest BCUT2D eigenvalue weighted by Crippen LogP contribution is -2.60. The summed E-state index contributed by atoms with van der Waals surface area (Å²) in [7, 11) is -1.95. The number of para-hydroxylation sites is 1. The molecule has 3 aromatic rings. The van der Waals surface area contributed by atoms with E-state index in [1.165, 1.54) is 50.6 Å². The average molecular weight is 606 g/mol. The van der Waals surface area contributed by atoms with Crippen molar-refractivity contribution in [1.29, 1.82) is 5.26 Å². The molecule has 1 fully saturated rings. The van der Waals surface area contributed by atoms with Crippen molar-refractivity contribution in [1.82, 2.24) is 15.8 Å². The number of ether oxygens (including phenoxy) is 3. The fourth-order valence-electron chi connectivity index (χ4n) is 5.45. The minimum absolute atomic E-state index is 0.0346. The third-order valence-electron chi connectivity index (χ3n) is 7.45. The maximum absolute atomic E-state index is 14.9. The van der Waals surface area contributed by atoms with E-state index in [1.54, 1.807) is 36.2 Å². The average Bonchev–Trinajstić information content (AvgIpc) is 3.29. The zero-order chi connectivity index (χ0) is 30.8. The molecule has 0 spiro atoms. The van der Waals surface area contributed by atoms with Gasteiger partial charge in [-0.15, -0.1) is 0 Å². The van der Waals surface area contributed by atoms with E-state index in [0.717, 1.165) is 0 Å². The summed E-state index contributed by atoms with van der Waals surface area (Å²) in [6, 6.07) is 16.8. The van der Waals surface area contributed by atoms with Gasteiger partial charge in [0.25, 0.3) is 21.8 Å². The first-order valence-corrected chi connectivity index (χ1v) is 15.0. The molecule has 1 saturated heterocycles. The molecule has 12 nitrogen and oxygen atoms in total. The van der Waals surface area contributed by atoms with Gasteiger partial charge in [0.05, 0.1) is 38.1 Å². The van der Waals surface area contributed by atoms with Gasteiger partial charge in [0.2, 0.25) is 0 Å². The lowest BCUT2D eigenvalue weighted by molar-refractivity contribution is -0.136. The Hall–Kier alpha value is -4.64. The van der Waals surface area contributed by atoms with Crippen LogP contribution in [0.4, 0.5) is 5.69 Å². The number of rotatable bonds is 9. The Morgan fingerprint density at radius 1 is 1.02 bits per heavy atom. The number of carbonyl (C=O) groups excluding carboxylic acids is 2. The molecule has 2 aliphatic rings. The van der Waals surface area contributed by atoms with E-state index in [-0.39, 0.29) is 45.4 Å². The van der Waals surface area contributed by atoms with E-state index >= 15 is 0 Å². The molecule has 1 atom stereocenters. The fourth-order valence-corrected chi connectivity index (χ4v) is 7.06. The van der Waals surface area contributed by atoms with Gasteiger partial charge in [-0.05, 0) is 43.3 Å². The fraction of sp³-hybridized carbons (Fsp3) is 0.300. The van der Waals surface area contributed by atoms with Crippen molar-refractivity contribution in [3.8, 4) is 23.3 Å². The third-order valence-corrected chi connectivity index (χ3v) is 9.19. The topological polar surface area (TPSA) is 150 Å². The Bertz CT molecular complexity index is 1720. The maximum Gasteiger partial charge on any atom is 0.274 e. The number of piperazine rings is 1. The number of anilines is 1. The van der Waals surface area contributed by atoms with Crippen LogP contribution in [0.1, 0.15) is 23.6 Å². The van der Waals surface area contributed by atoms with Gasteiger partial charge in [0, 0.05) is 43.4 Å². The van der Waals surface area contributed by atoms with Gasteiger partial charge in [0.15, 0.2) is 5.41 Å². The highest BCUT2D eigenvalue weighted by Gasteiger charge is 2.62. The zero-order valence-corrected chi connectivity index (χ0v) is 24.7. The quantitative estimate of drug-likeness (QED) is 0.347. The molecule has 0 aromatic heterocycles. The van der Waals surface area contributed by atoms with Gasteiger partial charge >= 0.3 is 0 Å². The summed E-state index contributed by atoms with van der Waals surface area (Å²) in [6.07, 6.45) is 0. The van der Waals surface area contributed by atoms with Gasteiger partial charge in [-0.25, -0.2) is 17.7 Å². The van der Waals surface area contributed by atoms with Gasteiger partial charge in [-0.2, -0.15) is 5.26 Å². The van der Waals surface area contributed by atoms with Crippen molar-refractivity contribution in [2.75, 3.05) is 51.3 Å². The van der Waals surface area contributed by atoms with Crippen LogP contribution in [0.2, 0.25) is 0 Å². The molecule has 2 aliphatic heterocycles. The van der Waals surface area contributed by atoms with Crippen molar-refractivity contribution in [2.45, 2.75) is 17.2 Å². The van der Waals surface area contributed by atoms with Gasteiger partial charge < -0.3 is 19.5 Å². The Balaban J connectivity index is 1.80. The number of nitrogens with zero attached hydrogens (tertiary/aromatic N) is 3. The van der Waals surface area contributed by atoms with E-state index in [9.17, 15) is 23.3 Å². The number of carbonyl (C=O) groups is 2. The highest BCUT2D eigenvalue weighted by atomic mass is 32.2. The molecule has 0 bridgehead atoms. The lowest BCUT2D eigenvalue weighted by atomic mass is 9.73. The summed E-state index contributed by atoms with van der Waals surface area (Å²) in [4.78, 5) is 29.2. The van der Waals surface area contributed by atoms with Crippen LogP contribution in [-0.2, 0) is 25.0 Å². The van der Waals surface area contributed by atoms with Crippen LogP contribution in [0, 0.1) is 11.3 Å². The first-order chi connectivity index (χ1) is 20.7. The van der Waals surface area contributed by atoms with Crippen molar-refractivity contribution in [3.63, 3.8) is 0 Å². The normalized spacial score (nSPS) is 18.5. The van der Waals surface area contributed by atoms with Gasteiger partial charge in [-0.3, -0.25) is 15.0 Å². The molecule has 0 saturated carbocycles. The predicted octanol–water partition coefficient (Wildman–Crippen LogP) is 1.93. The van der Waals surface area contributed by atoms with Gasteiger partial charge in [-0.1, -0.05) is 18.2 Å². The minimum atomic E-state index is -4.68. The highest BCUT2D eigenvalue weighted by Crippen LogP contribution is 2.51. The third kappa shape index (κ3) is 4.93. The summed E-state index contributed by atoms with van der Waals surface area (Å²) in [5.74, 6) is -1.31. The summed E-state index contributed by atoms with van der Waals surface area (Å²) >= 11 is 0. The van der Waals surface area contributed by atoms with E-state index in [0.29, 0.717) is 36.2 Å². The van der Waals surface area contributed by atoms with E-state index in [2.05, 4.69) is 10.7 Å². The summed E-state index contributed by atoms with van der Waals surface area (Å²) in [5.41, 5.74) is 0.882. The molecule has 224 valence electrons. The molecule has 1 unspecified atom stereocenters. The number of nitriles is 1. The second-order valence-electron chi connectivity index (χ2n) is 9.79. The molecule has 0 aliphatic carbocycles. The number of hydrazine groups is 1. The van der Waals surface area contributed by atoms with Crippen molar-refractivity contribution in [3.05, 3.63) is 77.4 Å². The van der Waals surface area contributed by atoms with Crippen molar-refractivity contribution >= 4 is 27.5 Å². The highest BCUT2D eigenvalue weighted by molar-refractivity contribution is 7.93. The monoisotopic (exact) mass is 605 g/mol. The Morgan fingerprint density at radius 2 is 1.77 bits per heavy atom. The van der Waals surface area contributed by atoms with E-state index in [1.807, 2.05) is 6.07 Å². The number of benzene rings is 3. The number of fused-ring (bicyclic) bond motifs is 1. The molecular formula is C30H31N5O7S. The van der Waals surface area contributed by atoms with Crippen LogP contribution < -0.4 is 29.3 Å². The lowest BCUT2D eigenvalue weighted by Gasteiger charge is -2.34. The molecule has 2 heterocycles. The standard InChI is InChI=1S/C30H31N5O7S/c1-4-42-25-8-6-5-7-22(25)30(28(36)33-34-15-13-32-14-16-34)23-17-20(19-31)9-11-24(23)35(29(30)37)43(38,39)27-12-10-21(40-2)18-26(27)41-3/h5-12,17-18,32H,4,13-16H2,1-3H3,(H,33,36). The Kier molecular flexibility index (Phi) is 8.27. The molecule has 2 N–H and O–H groups in total.